The molecule has 0 saturated heterocycles. The fraction of sp³-hybridized carbons (Fsp3) is 0.143. The highest BCUT2D eigenvalue weighted by molar-refractivity contribution is 5.96. The van der Waals surface area contributed by atoms with Crippen LogP contribution in [-0.2, 0) is 6.42 Å². The summed E-state index contributed by atoms with van der Waals surface area (Å²) in [5, 5.41) is 12.2. The Morgan fingerprint density at radius 2 is 2.00 bits per heavy atom. The van der Waals surface area contributed by atoms with Crippen molar-refractivity contribution < 1.29 is 9.90 Å². The monoisotopic (exact) mass is 242 g/mol. The van der Waals surface area contributed by atoms with Gasteiger partial charge in [-0.2, -0.15) is 0 Å². The van der Waals surface area contributed by atoms with Crippen LogP contribution in [0, 0.1) is 0 Å². The Hall–Kier alpha value is -2.36. The van der Waals surface area contributed by atoms with Gasteiger partial charge in [0.25, 0.3) is 5.91 Å². The molecule has 0 saturated carbocycles. The van der Waals surface area contributed by atoms with Crippen LogP contribution in [0.4, 0.5) is 0 Å². The number of aromatic hydroxyl groups is 1. The molecule has 0 bridgehead atoms. The normalized spacial score (nSPS) is 10.0. The standard InChI is InChI=1S/C14H14N2O2/c17-13-10-15-8-7-12(13)14(18)16-9-6-11-4-2-1-3-5-11/h1-5,7-8,10,17H,6,9H2,(H,16,18). The smallest absolute Gasteiger partial charge is 0.255 e. The summed E-state index contributed by atoms with van der Waals surface area (Å²) < 4.78 is 0. The maximum absolute atomic E-state index is 11.8. The van der Waals surface area contributed by atoms with E-state index in [9.17, 15) is 9.90 Å². The predicted molar refractivity (Wildman–Crippen MR) is 68.4 cm³/mol. The van der Waals surface area contributed by atoms with Gasteiger partial charge in [0.2, 0.25) is 0 Å². The number of pyridine rings is 1. The lowest BCUT2D eigenvalue weighted by atomic mass is 10.1. The fourth-order valence-electron chi connectivity index (χ4n) is 1.64. The summed E-state index contributed by atoms with van der Waals surface area (Å²) in [5.41, 5.74) is 1.41. The van der Waals surface area contributed by atoms with Crippen molar-refractivity contribution in [1.29, 1.82) is 0 Å². The van der Waals surface area contributed by atoms with Gasteiger partial charge in [0.1, 0.15) is 5.75 Å². The molecule has 1 aromatic carbocycles. The van der Waals surface area contributed by atoms with Crippen LogP contribution in [0.2, 0.25) is 0 Å². The number of carbonyl (C=O) groups excluding carboxylic acids is 1. The number of nitrogens with one attached hydrogen (secondary N) is 1. The van der Waals surface area contributed by atoms with Gasteiger partial charge < -0.3 is 10.4 Å². The molecule has 4 heteroatoms. The Morgan fingerprint density at radius 1 is 1.22 bits per heavy atom. The Balaban J connectivity index is 1.88. The lowest BCUT2D eigenvalue weighted by Gasteiger charge is -2.06. The van der Waals surface area contributed by atoms with Crippen molar-refractivity contribution in [2.75, 3.05) is 6.54 Å². The van der Waals surface area contributed by atoms with Crippen molar-refractivity contribution >= 4 is 5.91 Å². The molecule has 2 N–H and O–H groups in total. The molecule has 2 aromatic rings. The molecule has 0 atom stereocenters. The van der Waals surface area contributed by atoms with Crippen molar-refractivity contribution in [1.82, 2.24) is 10.3 Å². The highest BCUT2D eigenvalue weighted by Gasteiger charge is 2.09. The van der Waals surface area contributed by atoms with Crippen LogP contribution < -0.4 is 5.32 Å². The van der Waals surface area contributed by atoms with Gasteiger partial charge in [-0.15, -0.1) is 0 Å². The lowest BCUT2D eigenvalue weighted by molar-refractivity contribution is 0.0951. The number of aromatic nitrogens is 1. The average molecular weight is 242 g/mol. The molecule has 0 aliphatic heterocycles. The van der Waals surface area contributed by atoms with Gasteiger partial charge in [-0.05, 0) is 18.1 Å². The van der Waals surface area contributed by atoms with Gasteiger partial charge in [-0.25, -0.2) is 0 Å². The zero-order chi connectivity index (χ0) is 12.8. The summed E-state index contributed by atoms with van der Waals surface area (Å²) in [5.74, 6) is -0.388. The first-order chi connectivity index (χ1) is 8.77. The van der Waals surface area contributed by atoms with Crippen LogP contribution in [0.5, 0.6) is 5.75 Å². The highest BCUT2D eigenvalue weighted by Crippen LogP contribution is 2.13. The Bertz CT molecular complexity index is 526. The third-order valence-corrected chi connectivity index (χ3v) is 2.59. The minimum atomic E-state index is -0.286. The summed E-state index contributed by atoms with van der Waals surface area (Å²) in [6.45, 7) is 0.532. The Kier molecular flexibility index (Phi) is 3.91. The molecule has 1 aromatic heterocycles. The molecule has 0 radical (unpaired) electrons. The molecule has 92 valence electrons. The Labute approximate surface area is 105 Å². The van der Waals surface area contributed by atoms with Crippen molar-refractivity contribution in [2.24, 2.45) is 0 Å². The van der Waals surface area contributed by atoms with E-state index < -0.39 is 0 Å². The third kappa shape index (κ3) is 3.07. The Morgan fingerprint density at radius 3 is 2.72 bits per heavy atom. The maximum atomic E-state index is 11.8. The zero-order valence-corrected chi connectivity index (χ0v) is 9.84. The van der Waals surface area contributed by atoms with E-state index in [-0.39, 0.29) is 17.2 Å². The molecule has 0 unspecified atom stereocenters. The van der Waals surface area contributed by atoms with Crippen LogP contribution in [0.1, 0.15) is 15.9 Å². The second-order valence-corrected chi connectivity index (χ2v) is 3.88. The largest absolute Gasteiger partial charge is 0.505 e. The first-order valence-electron chi connectivity index (χ1n) is 5.72. The molecule has 1 amide bonds. The van der Waals surface area contributed by atoms with Gasteiger partial charge in [0, 0.05) is 12.7 Å². The van der Waals surface area contributed by atoms with Crippen molar-refractivity contribution in [3.8, 4) is 5.75 Å². The molecule has 2 rings (SSSR count). The molecule has 4 nitrogen and oxygen atoms in total. The number of hydrogen-bond donors (Lipinski definition) is 2. The van der Waals surface area contributed by atoms with Gasteiger partial charge >= 0.3 is 0 Å². The predicted octanol–water partition coefficient (Wildman–Crippen LogP) is 1.76. The summed E-state index contributed by atoms with van der Waals surface area (Å²) in [7, 11) is 0. The summed E-state index contributed by atoms with van der Waals surface area (Å²) in [6, 6.07) is 11.4. The van der Waals surface area contributed by atoms with E-state index in [0.717, 1.165) is 12.0 Å². The number of carbonyl (C=O) groups is 1. The minimum absolute atomic E-state index is 0.102. The summed E-state index contributed by atoms with van der Waals surface area (Å²) in [6.07, 6.45) is 3.50. The first kappa shape index (κ1) is 12.1. The van der Waals surface area contributed by atoms with Gasteiger partial charge in [0.15, 0.2) is 0 Å². The van der Waals surface area contributed by atoms with E-state index in [1.807, 2.05) is 30.3 Å². The van der Waals surface area contributed by atoms with Crippen molar-refractivity contribution in [3.05, 3.63) is 59.9 Å². The van der Waals surface area contributed by atoms with Gasteiger partial charge in [0.05, 0.1) is 11.8 Å². The molecular weight excluding hydrogens is 228 g/mol. The lowest BCUT2D eigenvalue weighted by Crippen LogP contribution is -2.25. The second-order valence-electron chi connectivity index (χ2n) is 3.88. The van der Waals surface area contributed by atoms with E-state index >= 15 is 0 Å². The molecule has 0 aliphatic rings. The van der Waals surface area contributed by atoms with E-state index in [4.69, 9.17) is 0 Å². The highest BCUT2D eigenvalue weighted by atomic mass is 16.3. The molecule has 0 aliphatic carbocycles. The molecule has 0 fully saturated rings. The van der Waals surface area contributed by atoms with Crippen molar-refractivity contribution in [3.63, 3.8) is 0 Å². The maximum Gasteiger partial charge on any atom is 0.255 e. The number of rotatable bonds is 4. The molecule has 1 heterocycles. The number of hydrogen-bond acceptors (Lipinski definition) is 3. The topological polar surface area (TPSA) is 62.2 Å². The molecular formula is C14H14N2O2. The van der Waals surface area contributed by atoms with E-state index in [0.29, 0.717) is 6.54 Å². The zero-order valence-electron chi connectivity index (χ0n) is 9.84. The van der Waals surface area contributed by atoms with Crippen LogP contribution in [0.25, 0.3) is 0 Å². The molecule has 18 heavy (non-hydrogen) atoms. The fourth-order valence-corrected chi connectivity index (χ4v) is 1.64. The number of benzene rings is 1. The van der Waals surface area contributed by atoms with Crippen molar-refractivity contribution in [2.45, 2.75) is 6.42 Å². The summed E-state index contributed by atoms with van der Waals surface area (Å²) in [4.78, 5) is 15.5. The van der Waals surface area contributed by atoms with E-state index in [1.54, 1.807) is 0 Å². The first-order valence-corrected chi connectivity index (χ1v) is 5.72. The second kappa shape index (κ2) is 5.82. The van der Waals surface area contributed by atoms with Crippen LogP contribution in [0.3, 0.4) is 0 Å². The average Bonchev–Trinajstić information content (AvgIpc) is 2.40. The van der Waals surface area contributed by atoms with E-state index in [2.05, 4.69) is 10.3 Å². The number of nitrogens with zero attached hydrogens (tertiary/aromatic N) is 1. The van der Waals surface area contributed by atoms with Crippen LogP contribution in [-0.4, -0.2) is 22.5 Å². The SMILES string of the molecule is O=C(NCCc1ccccc1)c1ccncc1O. The summed E-state index contributed by atoms with van der Waals surface area (Å²) >= 11 is 0. The van der Waals surface area contributed by atoms with Crippen LogP contribution in [0.15, 0.2) is 48.8 Å². The van der Waals surface area contributed by atoms with Gasteiger partial charge in [-0.3, -0.25) is 9.78 Å². The van der Waals surface area contributed by atoms with Gasteiger partial charge in [-0.1, -0.05) is 30.3 Å². The van der Waals surface area contributed by atoms with E-state index in [1.165, 1.54) is 18.5 Å². The molecule has 0 spiro atoms. The minimum Gasteiger partial charge on any atom is -0.505 e. The quantitative estimate of drug-likeness (QED) is 0.858. The van der Waals surface area contributed by atoms with Crippen LogP contribution >= 0.6 is 0 Å². The third-order valence-electron chi connectivity index (χ3n) is 2.59. The number of amides is 1.